The molecule has 0 spiro atoms. The summed E-state index contributed by atoms with van der Waals surface area (Å²) < 4.78 is 17.6. The number of aromatic nitrogens is 2. The standard InChI is InChI=1S/C68H44N2O.C66H44N2O/c1-2-16-56-48(13-1)27-28-52-44-51(35-42-57(52)56)47-31-38-54(39-32-47)69(63-22-7-5-19-60(63)61-21-12-26-67-68(61)62-20-6-10-25-66(62)71-67)53-36-29-45(30-37-53)49-14-11-15-50(43-49)46-33-40-55(41-34-46)70-64-23-8-3-17-58(64)59-18-4-9-24-65(59)70;1-2-16-45(17-3-1)46-32-34-49(35-33-46)54-20-4-9-26-60(54)67(63-29-12-7-23-57(63)58-25-15-31-65-66(58)59-24-8-13-30-64(59)69-65)52-40-36-47(37-41-52)50-18-14-19-51(44-50)48-38-42-53(43-39-48)68-61-27-10-5-21-55(61)56-22-6-11-28-62(56)68/h1-44H;1-44H. The summed E-state index contributed by atoms with van der Waals surface area (Å²) in [4.78, 5) is 4.82. The molecule has 0 unspecified atom stereocenters. The molecule has 0 saturated carbocycles. The van der Waals surface area contributed by atoms with E-state index in [1.165, 1.54) is 115 Å². The first-order valence-electron chi connectivity index (χ1n) is 47.9. The molecule has 656 valence electrons. The van der Waals surface area contributed by atoms with Crippen LogP contribution in [0.2, 0.25) is 0 Å². The molecule has 27 aromatic rings. The predicted octanol–water partition coefficient (Wildman–Crippen LogP) is 37.6. The van der Waals surface area contributed by atoms with Crippen LogP contribution in [0.1, 0.15) is 0 Å². The number of hydrogen-bond acceptors (Lipinski definition) is 4. The molecule has 6 nitrogen and oxygen atoms in total. The summed E-state index contributed by atoms with van der Waals surface area (Å²) >= 11 is 0. The quantitative estimate of drug-likeness (QED) is 0.0852. The number of para-hydroxylation sites is 9. The van der Waals surface area contributed by atoms with Gasteiger partial charge in [-0.15, -0.1) is 0 Å². The van der Waals surface area contributed by atoms with Gasteiger partial charge in [-0.2, -0.15) is 0 Å². The normalized spacial score (nSPS) is 11.6. The molecule has 0 atom stereocenters. The molecule has 0 N–H and O–H groups in total. The maximum atomic E-state index is 6.43. The molecular formula is C134H88N4O2. The van der Waals surface area contributed by atoms with E-state index in [0.717, 1.165) is 139 Å². The van der Waals surface area contributed by atoms with E-state index in [-0.39, 0.29) is 0 Å². The van der Waals surface area contributed by atoms with Gasteiger partial charge in [0.15, 0.2) is 0 Å². The predicted molar refractivity (Wildman–Crippen MR) is 589 cm³/mol. The smallest absolute Gasteiger partial charge is 0.136 e. The van der Waals surface area contributed by atoms with Gasteiger partial charge in [0.25, 0.3) is 0 Å². The van der Waals surface area contributed by atoms with Gasteiger partial charge in [0.2, 0.25) is 0 Å². The largest absolute Gasteiger partial charge is 0.456 e. The first-order chi connectivity index (χ1) is 69.4. The molecule has 4 heterocycles. The summed E-state index contributed by atoms with van der Waals surface area (Å²) in [6.45, 7) is 0. The van der Waals surface area contributed by atoms with Crippen molar-refractivity contribution in [3.05, 3.63) is 534 Å². The molecule has 0 aliphatic heterocycles. The van der Waals surface area contributed by atoms with Crippen molar-refractivity contribution in [1.29, 1.82) is 0 Å². The van der Waals surface area contributed by atoms with Crippen molar-refractivity contribution in [2.24, 2.45) is 0 Å². The molecule has 27 rings (SSSR count). The Balaban J connectivity index is 0.000000144. The molecule has 0 fully saturated rings. The molecule has 140 heavy (non-hydrogen) atoms. The highest BCUT2D eigenvalue weighted by atomic mass is 16.3. The fourth-order valence-corrected chi connectivity index (χ4v) is 21.4. The lowest BCUT2D eigenvalue weighted by molar-refractivity contribution is 0.668. The van der Waals surface area contributed by atoms with Gasteiger partial charge in [0.05, 0.1) is 39.1 Å². The maximum Gasteiger partial charge on any atom is 0.136 e. The van der Waals surface area contributed by atoms with Gasteiger partial charge in [-0.1, -0.05) is 388 Å². The molecule has 0 aliphatic rings. The minimum atomic E-state index is 0.875. The lowest BCUT2D eigenvalue weighted by atomic mass is 9.95. The second-order valence-electron chi connectivity index (χ2n) is 36.1. The van der Waals surface area contributed by atoms with E-state index < -0.39 is 0 Å². The number of rotatable bonds is 17. The van der Waals surface area contributed by atoms with Crippen molar-refractivity contribution in [1.82, 2.24) is 9.13 Å². The van der Waals surface area contributed by atoms with Crippen molar-refractivity contribution in [2.75, 3.05) is 9.80 Å². The van der Waals surface area contributed by atoms with Crippen LogP contribution < -0.4 is 9.80 Å². The van der Waals surface area contributed by atoms with Gasteiger partial charge in [-0.05, 0) is 251 Å². The van der Waals surface area contributed by atoms with Crippen LogP contribution in [-0.2, 0) is 0 Å². The van der Waals surface area contributed by atoms with E-state index in [4.69, 9.17) is 8.83 Å². The molecule has 0 radical (unpaired) electrons. The summed E-state index contributed by atoms with van der Waals surface area (Å²) in [6.07, 6.45) is 0. The number of fused-ring (bicyclic) bond motifs is 15. The van der Waals surface area contributed by atoms with Gasteiger partial charge in [0.1, 0.15) is 22.3 Å². The van der Waals surface area contributed by atoms with Crippen molar-refractivity contribution in [3.8, 4) is 112 Å². The van der Waals surface area contributed by atoms with Crippen molar-refractivity contribution in [2.45, 2.75) is 0 Å². The van der Waals surface area contributed by atoms with Gasteiger partial charge in [-0.25, -0.2) is 0 Å². The zero-order valence-electron chi connectivity index (χ0n) is 76.4. The monoisotopic (exact) mass is 1780 g/mol. The Morgan fingerprint density at radius 1 is 0.150 bits per heavy atom. The average molecular weight is 1790 g/mol. The van der Waals surface area contributed by atoms with E-state index in [2.05, 4.69) is 541 Å². The fraction of sp³-hybridized carbons (Fsp3) is 0. The Morgan fingerprint density at radius 2 is 0.429 bits per heavy atom. The van der Waals surface area contributed by atoms with Crippen LogP contribution in [0, 0.1) is 0 Å². The lowest BCUT2D eigenvalue weighted by Gasteiger charge is -2.30. The highest BCUT2D eigenvalue weighted by molar-refractivity contribution is 6.17. The molecule has 4 aromatic heterocycles. The van der Waals surface area contributed by atoms with Crippen molar-refractivity contribution >= 4 is 143 Å². The van der Waals surface area contributed by atoms with Gasteiger partial charge >= 0.3 is 0 Å². The lowest BCUT2D eigenvalue weighted by Crippen LogP contribution is -2.12. The Morgan fingerprint density at radius 3 is 0.886 bits per heavy atom. The average Bonchev–Trinajstić information content (AvgIpc) is 1.57. The summed E-state index contributed by atoms with van der Waals surface area (Å²) in [5, 5.41) is 14.6. The third-order valence-electron chi connectivity index (χ3n) is 28.0. The number of anilines is 6. The van der Waals surface area contributed by atoms with E-state index in [9.17, 15) is 0 Å². The molecule has 0 aliphatic carbocycles. The van der Waals surface area contributed by atoms with Gasteiger partial charge in [0, 0.05) is 88.2 Å². The van der Waals surface area contributed by atoms with E-state index in [1.54, 1.807) is 0 Å². The van der Waals surface area contributed by atoms with E-state index in [0.29, 0.717) is 0 Å². The minimum absolute atomic E-state index is 0.875. The Bertz CT molecular complexity index is 9310. The molecule has 23 aromatic carbocycles. The third-order valence-corrected chi connectivity index (χ3v) is 28.0. The number of nitrogens with zero attached hydrogens (tertiary/aromatic N) is 4. The summed E-state index contributed by atoms with van der Waals surface area (Å²) in [6, 6.07) is 193. The second kappa shape index (κ2) is 35.0. The molecule has 6 heteroatoms. The molecule has 0 bridgehead atoms. The summed E-state index contributed by atoms with van der Waals surface area (Å²) in [5.41, 5.74) is 38.0. The Kier molecular flexibility index (Phi) is 20.5. The van der Waals surface area contributed by atoms with Crippen molar-refractivity contribution in [3.63, 3.8) is 0 Å². The fourth-order valence-electron chi connectivity index (χ4n) is 21.4. The third kappa shape index (κ3) is 14.7. The van der Waals surface area contributed by atoms with Crippen LogP contribution in [0.25, 0.3) is 221 Å². The number of furan rings is 2. The van der Waals surface area contributed by atoms with Crippen molar-refractivity contribution < 1.29 is 8.83 Å². The van der Waals surface area contributed by atoms with Gasteiger partial charge < -0.3 is 27.8 Å². The molecular weight excluding hydrogens is 1700 g/mol. The van der Waals surface area contributed by atoms with Crippen LogP contribution in [0.15, 0.2) is 543 Å². The van der Waals surface area contributed by atoms with Gasteiger partial charge in [-0.3, -0.25) is 0 Å². The molecule has 0 amide bonds. The van der Waals surface area contributed by atoms with E-state index in [1.807, 2.05) is 12.1 Å². The number of hydrogen-bond donors (Lipinski definition) is 0. The van der Waals surface area contributed by atoms with E-state index >= 15 is 0 Å². The second-order valence-corrected chi connectivity index (χ2v) is 36.1. The van der Waals surface area contributed by atoms with Crippen LogP contribution in [-0.4, -0.2) is 9.13 Å². The zero-order valence-corrected chi connectivity index (χ0v) is 76.4. The summed E-state index contributed by atoms with van der Waals surface area (Å²) in [5.74, 6) is 0. The molecule has 0 saturated heterocycles. The first kappa shape index (κ1) is 82.1. The highest BCUT2D eigenvalue weighted by Crippen LogP contribution is 2.51. The van der Waals surface area contributed by atoms with Crippen LogP contribution in [0.3, 0.4) is 0 Å². The SMILES string of the molecule is c1cc(-c2ccc(N(c3ccc(-c4ccc5c(ccc6ccccc65)c4)cc3)c3ccccc3-c3cccc4oc5ccccc5c34)cc2)cc(-c2ccc(-n3c4ccccc4c4ccccc43)cc2)c1.c1ccc(-c2ccc(-c3ccccc3N(c3ccc(-c4cccc(-c5ccc(-n6c7ccccc7c7ccccc76)cc5)c4)cc3)c3ccccc3-c3cccc4oc5ccccc5c34)cc2)cc1. The minimum Gasteiger partial charge on any atom is -0.456 e. The Labute approximate surface area is 810 Å². The van der Waals surface area contributed by atoms with Crippen LogP contribution in [0.4, 0.5) is 34.1 Å². The van der Waals surface area contributed by atoms with Crippen LogP contribution >= 0.6 is 0 Å². The number of benzene rings is 23. The highest BCUT2D eigenvalue weighted by Gasteiger charge is 2.27. The first-order valence-corrected chi connectivity index (χ1v) is 47.9. The summed E-state index contributed by atoms with van der Waals surface area (Å²) in [7, 11) is 0. The maximum absolute atomic E-state index is 6.43. The zero-order chi connectivity index (χ0) is 92.5. The topological polar surface area (TPSA) is 42.6 Å². The van der Waals surface area contributed by atoms with Crippen LogP contribution in [0.5, 0.6) is 0 Å². The Hall–Kier alpha value is -18.6.